The first-order valence-corrected chi connectivity index (χ1v) is 12.5. The van der Waals surface area contributed by atoms with Crippen LogP contribution in [0.4, 0.5) is 22.0 Å². The fourth-order valence-electron chi connectivity index (χ4n) is 3.76. The molecule has 37 heavy (non-hydrogen) atoms. The third kappa shape index (κ3) is 5.24. The summed E-state index contributed by atoms with van der Waals surface area (Å²) >= 11 is 1.39. The molecular weight excluding hydrogens is 488 g/mol. The number of anilines is 3. The van der Waals surface area contributed by atoms with Crippen LogP contribution >= 0.6 is 11.3 Å². The molecule has 0 saturated heterocycles. The Morgan fingerprint density at radius 1 is 0.919 bits per heavy atom. The summed E-state index contributed by atoms with van der Waals surface area (Å²) in [6.45, 7) is 5.99. The highest BCUT2D eigenvalue weighted by Crippen LogP contribution is 2.34. The van der Waals surface area contributed by atoms with Crippen molar-refractivity contribution >= 4 is 50.7 Å². The van der Waals surface area contributed by atoms with Gasteiger partial charge in [-0.05, 0) is 30.3 Å². The van der Waals surface area contributed by atoms with Crippen LogP contribution in [-0.4, -0.2) is 26.9 Å². The van der Waals surface area contributed by atoms with E-state index in [1.54, 1.807) is 35.0 Å². The zero-order chi connectivity index (χ0) is 26.2. The summed E-state index contributed by atoms with van der Waals surface area (Å²) in [6, 6.07) is 19.9. The Morgan fingerprint density at radius 3 is 2.24 bits per heavy atom. The van der Waals surface area contributed by atoms with E-state index < -0.39 is 6.03 Å². The Morgan fingerprint density at radius 2 is 1.59 bits per heavy atom. The van der Waals surface area contributed by atoms with Gasteiger partial charge in [-0.1, -0.05) is 56.3 Å². The maximum Gasteiger partial charge on any atom is 0.324 e. The average Bonchev–Trinajstić information content (AvgIpc) is 3.58. The lowest BCUT2D eigenvalue weighted by atomic mass is 9.93. The van der Waals surface area contributed by atoms with Gasteiger partial charge in [-0.2, -0.15) is 5.10 Å². The second-order valence-corrected chi connectivity index (χ2v) is 10.6. The number of nitrogens with one attached hydrogen (secondary N) is 3. The predicted molar refractivity (Wildman–Crippen MR) is 146 cm³/mol. The van der Waals surface area contributed by atoms with Crippen molar-refractivity contribution in [2.24, 2.45) is 7.05 Å². The number of amides is 3. The maximum atomic E-state index is 13.0. The number of thiophene rings is 1. The van der Waals surface area contributed by atoms with E-state index in [0.717, 1.165) is 21.5 Å². The lowest BCUT2D eigenvalue weighted by Crippen LogP contribution is -2.19. The topological polar surface area (TPSA) is 114 Å². The minimum Gasteiger partial charge on any atom is -0.359 e. The molecule has 3 amide bonds. The molecule has 2 aromatic carbocycles. The Balaban J connectivity index is 1.23. The molecule has 0 aliphatic carbocycles. The average molecular weight is 515 g/mol. The van der Waals surface area contributed by atoms with Crippen LogP contribution in [0.25, 0.3) is 21.5 Å². The first-order chi connectivity index (χ1) is 17.7. The van der Waals surface area contributed by atoms with Gasteiger partial charge in [-0.15, -0.1) is 11.3 Å². The van der Waals surface area contributed by atoms with Crippen molar-refractivity contribution < 1.29 is 14.1 Å². The SMILES string of the molecule is Cn1nc(-c2ccccc2)c2cc(C(=O)Nc3ccc(NC(=O)Nc4cc(C(C)(C)C)on4)cc3)sc21. The van der Waals surface area contributed by atoms with Crippen LogP contribution in [0.1, 0.15) is 36.2 Å². The zero-order valence-electron chi connectivity index (χ0n) is 20.8. The molecule has 3 aromatic heterocycles. The molecule has 5 aromatic rings. The molecule has 0 unspecified atom stereocenters. The number of carbonyl (C=O) groups is 2. The summed E-state index contributed by atoms with van der Waals surface area (Å²) in [5, 5.41) is 17.8. The minimum absolute atomic E-state index is 0.208. The van der Waals surface area contributed by atoms with E-state index in [1.807, 2.05) is 64.2 Å². The fourth-order valence-corrected chi connectivity index (χ4v) is 4.73. The van der Waals surface area contributed by atoms with Gasteiger partial charge in [0.2, 0.25) is 0 Å². The highest BCUT2D eigenvalue weighted by Gasteiger charge is 2.21. The molecule has 3 N–H and O–H groups in total. The van der Waals surface area contributed by atoms with Gasteiger partial charge in [0.25, 0.3) is 5.91 Å². The van der Waals surface area contributed by atoms with Crippen LogP contribution in [0.5, 0.6) is 0 Å². The lowest BCUT2D eigenvalue weighted by Gasteiger charge is -2.12. The van der Waals surface area contributed by atoms with Crippen molar-refractivity contribution in [3.63, 3.8) is 0 Å². The van der Waals surface area contributed by atoms with Crippen molar-refractivity contribution in [2.45, 2.75) is 26.2 Å². The van der Waals surface area contributed by atoms with Gasteiger partial charge in [0, 0.05) is 40.9 Å². The molecule has 5 rings (SSSR count). The van der Waals surface area contributed by atoms with Crippen LogP contribution in [0.15, 0.2) is 71.3 Å². The number of urea groups is 1. The monoisotopic (exact) mass is 514 g/mol. The van der Waals surface area contributed by atoms with Gasteiger partial charge in [-0.25, -0.2) is 4.79 Å². The molecule has 0 fully saturated rings. The van der Waals surface area contributed by atoms with Crippen LogP contribution in [0.2, 0.25) is 0 Å². The van der Waals surface area contributed by atoms with Gasteiger partial charge >= 0.3 is 6.03 Å². The smallest absolute Gasteiger partial charge is 0.324 e. The highest BCUT2D eigenvalue weighted by atomic mass is 32.1. The summed E-state index contributed by atoms with van der Waals surface area (Å²) in [5.41, 5.74) is 2.82. The Bertz CT molecular complexity index is 1580. The van der Waals surface area contributed by atoms with Gasteiger partial charge < -0.3 is 15.2 Å². The van der Waals surface area contributed by atoms with Gasteiger partial charge in [-0.3, -0.25) is 14.8 Å². The van der Waals surface area contributed by atoms with E-state index in [9.17, 15) is 9.59 Å². The van der Waals surface area contributed by atoms with Gasteiger partial charge in [0.05, 0.1) is 4.88 Å². The van der Waals surface area contributed by atoms with E-state index in [2.05, 4.69) is 26.2 Å². The number of fused-ring (bicyclic) bond motifs is 1. The van der Waals surface area contributed by atoms with Crippen molar-refractivity contribution in [3.8, 4) is 11.3 Å². The molecule has 0 aliphatic heterocycles. The summed E-state index contributed by atoms with van der Waals surface area (Å²) < 4.78 is 7.08. The molecule has 188 valence electrons. The molecular formula is C27H26N6O3S. The molecule has 0 spiro atoms. The molecule has 0 aliphatic rings. The molecule has 0 atom stereocenters. The molecule has 9 nitrogen and oxygen atoms in total. The number of carbonyl (C=O) groups excluding carboxylic acids is 2. The van der Waals surface area contributed by atoms with E-state index >= 15 is 0 Å². The zero-order valence-corrected chi connectivity index (χ0v) is 21.6. The van der Waals surface area contributed by atoms with Crippen molar-refractivity contribution in [1.29, 1.82) is 0 Å². The third-order valence-corrected chi connectivity index (χ3v) is 6.87. The van der Waals surface area contributed by atoms with E-state index in [1.165, 1.54) is 11.3 Å². The van der Waals surface area contributed by atoms with E-state index in [0.29, 0.717) is 27.8 Å². The molecule has 0 bridgehead atoms. The van der Waals surface area contributed by atoms with Crippen LogP contribution in [0, 0.1) is 0 Å². The predicted octanol–water partition coefficient (Wildman–Crippen LogP) is 6.48. The largest absolute Gasteiger partial charge is 0.359 e. The van der Waals surface area contributed by atoms with Crippen LogP contribution in [0.3, 0.4) is 0 Å². The van der Waals surface area contributed by atoms with Gasteiger partial charge in [0.15, 0.2) is 5.82 Å². The summed E-state index contributed by atoms with van der Waals surface area (Å²) in [4.78, 5) is 26.8. The number of hydrogen-bond acceptors (Lipinski definition) is 6. The first kappa shape index (κ1) is 24.3. The summed E-state index contributed by atoms with van der Waals surface area (Å²) in [6.07, 6.45) is 0. The number of benzene rings is 2. The number of hydrogen-bond donors (Lipinski definition) is 3. The quantitative estimate of drug-likeness (QED) is 0.248. The van der Waals surface area contributed by atoms with Crippen LogP contribution in [-0.2, 0) is 12.5 Å². The summed E-state index contributed by atoms with van der Waals surface area (Å²) in [7, 11) is 1.88. The van der Waals surface area contributed by atoms with Crippen LogP contribution < -0.4 is 16.0 Å². The number of aryl methyl sites for hydroxylation is 1. The lowest BCUT2D eigenvalue weighted by molar-refractivity contribution is 0.103. The Hall–Kier alpha value is -4.44. The van der Waals surface area contributed by atoms with Crippen molar-refractivity contribution in [2.75, 3.05) is 16.0 Å². The van der Waals surface area contributed by atoms with Crippen molar-refractivity contribution in [1.82, 2.24) is 14.9 Å². The first-order valence-electron chi connectivity index (χ1n) is 11.7. The molecule has 10 heteroatoms. The number of nitrogens with zero attached hydrogens (tertiary/aromatic N) is 3. The fraction of sp³-hybridized carbons (Fsp3) is 0.185. The number of aromatic nitrogens is 3. The maximum absolute atomic E-state index is 13.0. The second kappa shape index (κ2) is 9.55. The van der Waals surface area contributed by atoms with E-state index in [4.69, 9.17) is 4.52 Å². The standard InChI is InChI=1S/C27H26N6O3S/c1-27(2,3)21-15-22(32-36-21)30-26(35)29-18-12-10-17(11-13-18)28-24(34)20-14-19-23(16-8-6-5-7-9-16)31-33(4)25(19)37-20/h5-15H,1-4H3,(H,28,34)(H2,29,30,32,35). The number of rotatable bonds is 5. The second-order valence-electron chi connectivity index (χ2n) is 9.60. The Kier molecular flexibility index (Phi) is 6.26. The summed E-state index contributed by atoms with van der Waals surface area (Å²) in [5.74, 6) is 0.800. The molecule has 3 heterocycles. The van der Waals surface area contributed by atoms with E-state index in [-0.39, 0.29) is 11.3 Å². The normalized spacial score (nSPS) is 11.5. The van der Waals surface area contributed by atoms with Crippen molar-refractivity contribution in [3.05, 3.63) is 77.4 Å². The minimum atomic E-state index is -0.446. The molecule has 0 saturated carbocycles. The highest BCUT2D eigenvalue weighted by molar-refractivity contribution is 7.20. The Labute approximate surface area is 217 Å². The third-order valence-electron chi connectivity index (χ3n) is 5.67. The van der Waals surface area contributed by atoms with Gasteiger partial charge in [0.1, 0.15) is 16.3 Å². The molecule has 0 radical (unpaired) electrons.